The zero-order valence-corrected chi connectivity index (χ0v) is 36.8. The molecule has 2 amide bonds. The van der Waals surface area contributed by atoms with Crippen molar-refractivity contribution in [2.24, 2.45) is 9.98 Å². The molecule has 2 fully saturated rings. The van der Waals surface area contributed by atoms with Crippen molar-refractivity contribution in [3.05, 3.63) is 0 Å². The van der Waals surface area contributed by atoms with Gasteiger partial charge in [0.1, 0.15) is 34.1 Å². The molecule has 312 valence electrons. The minimum Gasteiger partial charge on any atom is -0.354 e. The van der Waals surface area contributed by atoms with Crippen molar-refractivity contribution < 1.29 is 20.0 Å². The van der Waals surface area contributed by atoms with Gasteiger partial charge in [0, 0.05) is 37.4 Å². The normalized spacial score (nSPS) is 20.3. The van der Waals surface area contributed by atoms with E-state index in [-0.39, 0.29) is 11.8 Å². The van der Waals surface area contributed by atoms with E-state index in [1.54, 1.807) is 0 Å². The molecule has 12 nitrogen and oxygen atoms in total. The summed E-state index contributed by atoms with van der Waals surface area (Å²) in [6.45, 7) is 16.8. The van der Waals surface area contributed by atoms with Crippen LogP contribution in [-0.4, -0.2) is 93.7 Å². The van der Waals surface area contributed by atoms with Crippen molar-refractivity contribution in [1.82, 2.24) is 31.4 Å². The minimum absolute atomic E-state index is 0.0870. The van der Waals surface area contributed by atoms with Crippen LogP contribution in [0.25, 0.3) is 0 Å². The third-order valence-corrected chi connectivity index (χ3v) is 12.9. The van der Waals surface area contributed by atoms with E-state index in [1.807, 2.05) is 77.0 Å². The molecule has 2 radical (unpaired) electrons. The van der Waals surface area contributed by atoms with Crippen molar-refractivity contribution in [3.8, 4) is 0 Å². The summed E-state index contributed by atoms with van der Waals surface area (Å²) in [6.07, 6.45) is 20.6. The highest BCUT2D eigenvalue weighted by atomic mass is 33.1. The summed E-state index contributed by atoms with van der Waals surface area (Å²) in [5.41, 5.74) is -2.72. The summed E-state index contributed by atoms with van der Waals surface area (Å²) in [5, 5.41) is 39.2. The number of carbonyl (C=O) groups is 2. The third kappa shape index (κ3) is 17.7. The largest absolute Gasteiger partial charge is 0.354 e. The van der Waals surface area contributed by atoms with Crippen LogP contribution in [0.2, 0.25) is 0 Å². The van der Waals surface area contributed by atoms with Crippen LogP contribution in [0.3, 0.4) is 0 Å². The molecule has 2 heterocycles. The lowest BCUT2D eigenvalue weighted by atomic mass is 10.1. The summed E-state index contributed by atoms with van der Waals surface area (Å²) in [4.78, 5) is 33.4. The molecule has 4 N–H and O–H groups in total. The molecule has 0 saturated carbocycles. The SMILES string of the molecule is CC1(C)NC(=NCCNC(=O)CCCCCCCCCCSSCCCCCCCCCCC(=O)NCCN=C2NC(C)(C)N([O])C2(C)C)C(C)(C)N1[O]. The van der Waals surface area contributed by atoms with Gasteiger partial charge >= 0.3 is 0 Å². The molecule has 0 spiro atoms. The van der Waals surface area contributed by atoms with E-state index >= 15 is 0 Å². The number of aliphatic imine (C=N–C) groups is 2. The number of amidine groups is 2. The van der Waals surface area contributed by atoms with Gasteiger partial charge in [-0.15, -0.1) is 20.5 Å². The summed E-state index contributed by atoms with van der Waals surface area (Å²) in [5.74, 6) is 4.03. The number of nitrogens with one attached hydrogen (secondary N) is 4. The Bertz CT molecular complexity index is 1080. The second kappa shape index (κ2) is 24.9. The molecule has 0 aliphatic carbocycles. The highest BCUT2D eigenvalue weighted by molar-refractivity contribution is 8.76. The standard InChI is InChI=1S/C40H76N8O4S2/c1-37(2)35(45-39(5,6)47(37)51)43-29-27-41-33(49)25-21-17-13-9-11-15-19-23-31-53-54-32-24-20-16-12-10-14-18-22-26-34(50)42-28-30-44-36-38(3,4)48(52)40(7,8)46-36/h9-32H2,1-8H3,(H,41,49)(H,42,50)(H,43,45)(H,44,46). The number of hydroxylamine groups is 4. The molecular formula is C40H76N8O4S2. The zero-order chi connectivity index (χ0) is 40.1. The molecule has 0 aromatic heterocycles. The molecule has 0 aromatic rings. The van der Waals surface area contributed by atoms with E-state index < -0.39 is 22.4 Å². The summed E-state index contributed by atoms with van der Waals surface area (Å²) >= 11 is 0. The Kier molecular flexibility index (Phi) is 22.4. The Morgan fingerprint density at radius 1 is 0.519 bits per heavy atom. The number of rotatable bonds is 29. The smallest absolute Gasteiger partial charge is 0.220 e. The van der Waals surface area contributed by atoms with Crippen LogP contribution in [0.15, 0.2) is 9.98 Å². The summed E-state index contributed by atoms with van der Waals surface area (Å²) < 4.78 is 0. The van der Waals surface area contributed by atoms with Gasteiger partial charge < -0.3 is 21.3 Å². The van der Waals surface area contributed by atoms with E-state index in [1.165, 1.54) is 88.6 Å². The van der Waals surface area contributed by atoms with Crippen molar-refractivity contribution >= 4 is 45.1 Å². The average molecular weight is 797 g/mol. The second-order valence-electron chi connectivity index (χ2n) is 17.0. The van der Waals surface area contributed by atoms with Crippen LogP contribution in [0.1, 0.15) is 171 Å². The fourth-order valence-corrected chi connectivity index (χ4v) is 9.37. The second-order valence-corrected chi connectivity index (χ2v) is 19.7. The quantitative estimate of drug-likeness (QED) is 0.0440. The Morgan fingerprint density at radius 2 is 0.815 bits per heavy atom. The number of nitrogens with zero attached hydrogens (tertiary/aromatic N) is 4. The van der Waals surface area contributed by atoms with Crippen molar-refractivity contribution in [2.75, 3.05) is 37.7 Å². The topological polar surface area (TPSA) is 153 Å². The first kappa shape index (κ1) is 48.6. The van der Waals surface area contributed by atoms with Gasteiger partial charge in [0.15, 0.2) is 0 Å². The van der Waals surface area contributed by atoms with E-state index in [0.717, 1.165) is 35.8 Å². The van der Waals surface area contributed by atoms with Crippen LogP contribution in [-0.2, 0) is 20.0 Å². The van der Waals surface area contributed by atoms with Crippen LogP contribution < -0.4 is 21.3 Å². The molecule has 0 atom stereocenters. The Morgan fingerprint density at radius 3 is 1.11 bits per heavy atom. The van der Waals surface area contributed by atoms with Crippen molar-refractivity contribution in [3.63, 3.8) is 0 Å². The monoisotopic (exact) mass is 797 g/mol. The number of hydrogen-bond acceptors (Lipinski definition) is 8. The maximum Gasteiger partial charge on any atom is 0.220 e. The van der Waals surface area contributed by atoms with E-state index in [0.29, 0.717) is 50.7 Å². The first-order valence-corrected chi connectivity index (χ1v) is 23.4. The highest BCUT2D eigenvalue weighted by Gasteiger charge is 2.51. The molecule has 2 rings (SSSR count). The molecule has 2 aliphatic heterocycles. The Labute approximate surface area is 336 Å². The highest BCUT2D eigenvalue weighted by Crippen LogP contribution is 2.31. The number of amides is 2. The van der Waals surface area contributed by atoms with Crippen LogP contribution in [0.5, 0.6) is 0 Å². The molecule has 0 bridgehead atoms. The average Bonchev–Trinajstić information content (AvgIpc) is 3.37. The van der Waals surface area contributed by atoms with Gasteiger partial charge in [-0.25, -0.2) is 0 Å². The van der Waals surface area contributed by atoms with Crippen molar-refractivity contribution in [2.45, 2.75) is 193 Å². The molecule has 0 unspecified atom stereocenters. The van der Waals surface area contributed by atoms with E-state index in [9.17, 15) is 20.0 Å². The van der Waals surface area contributed by atoms with Crippen LogP contribution in [0, 0.1) is 0 Å². The lowest BCUT2D eigenvalue weighted by molar-refractivity contribution is -0.241. The third-order valence-electron chi connectivity index (χ3n) is 10.3. The molecule has 2 saturated heterocycles. The number of carbonyl (C=O) groups excluding carboxylic acids is 2. The van der Waals surface area contributed by atoms with Gasteiger partial charge in [-0.3, -0.25) is 19.6 Å². The molecular weight excluding hydrogens is 721 g/mol. The van der Waals surface area contributed by atoms with Gasteiger partial charge in [-0.1, -0.05) is 98.6 Å². The summed E-state index contributed by atoms with van der Waals surface area (Å²) in [6, 6.07) is 0. The van der Waals surface area contributed by atoms with Gasteiger partial charge in [0.25, 0.3) is 0 Å². The molecule has 2 aliphatic rings. The lowest BCUT2D eigenvalue weighted by Gasteiger charge is -2.28. The minimum atomic E-state index is -0.686. The van der Waals surface area contributed by atoms with E-state index in [4.69, 9.17) is 0 Å². The van der Waals surface area contributed by atoms with Gasteiger partial charge in [0.2, 0.25) is 11.8 Å². The number of hydrogen-bond donors (Lipinski definition) is 4. The van der Waals surface area contributed by atoms with Crippen LogP contribution in [0.4, 0.5) is 0 Å². The van der Waals surface area contributed by atoms with E-state index in [2.05, 4.69) is 31.3 Å². The number of unbranched alkanes of at least 4 members (excludes halogenated alkanes) is 14. The first-order valence-electron chi connectivity index (χ1n) is 20.9. The predicted molar refractivity (Wildman–Crippen MR) is 226 cm³/mol. The van der Waals surface area contributed by atoms with Crippen molar-refractivity contribution in [1.29, 1.82) is 0 Å². The van der Waals surface area contributed by atoms with Gasteiger partial charge in [-0.05, 0) is 81.1 Å². The molecule has 54 heavy (non-hydrogen) atoms. The summed E-state index contributed by atoms with van der Waals surface area (Å²) in [7, 11) is 4.07. The lowest BCUT2D eigenvalue weighted by Crippen LogP contribution is -2.48. The van der Waals surface area contributed by atoms with Gasteiger partial charge in [0.05, 0.1) is 13.1 Å². The predicted octanol–water partition coefficient (Wildman–Crippen LogP) is 7.95. The van der Waals surface area contributed by atoms with Gasteiger partial charge in [-0.2, -0.15) is 0 Å². The Hall–Kier alpha value is -1.58. The first-order chi connectivity index (χ1) is 25.5. The fraction of sp³-hybridized carbons (Fsp3) is 0.900. The molecule has 14 heteroatoms. The molecule has 0 aromatic carbocycles. The fourth-order valence-electron chi connectivity index (χ4n) is 7.08. The zero-order valence-electron chi connectivity index (χ0n) is 35.2. The van der Waals surface area contributed by atoms with Crippen LogP contribution >= 0.6 is 21.6 Å². The maximum atomic E-state index is 12.4. The Balaban J connectivity index is 1.26. The maximum absolute atomic E-state index is 12.4.